The summed E-state index contributed by atoms with van der Waals surface area (Å²) < 4.78 is 0.990. The molecule has 0 atom stereocenters. The minimum absolute atomic E-state index is 0.317. The van der Waals surface area contributed by atoms with Gasteiger partial charge in [0.2, 0.25) is 11.9 Å². The van der Waals surface area contributed by atoms with Crippen molar-refractivity contribution in [3.8, 4) is 11.3 Å². The highest BCUT2D eigenvalue weighted by molar-refractivity contribution is 9.10. The van der Waals surface area contributed by atoms with Crippen LogP contribution in [-0.4, -0.2) is 44.4 Å². The molecule has 1 aliphatic heterocycles. The molecule has 0 spiro atoms. The highest BCUT2D eigenvalue weighted by Crippen LogP contribution is 2.21. The zero-order chi connectivity index (χ0) is 17.9. The van der Waals surface area contributed by atoms with E-state index < -0.39 is 0 Å². The van der Waals surface area contributed by atoms with Crippen molar-refractivity contribution in [3.63, 3.8) is 0 Å². The topological polar surface area (TPSA) is 103 Å². The Kier molecular flexibility index (Phi) is 4.70. The highest BCUT2D eigenvalue weighted by atomic mass is 79.9. The van der Waals surface area contributed by atoms with Crippen LogP contribution in [0, 0.1) is 0 Å². The fourth-order valence-electron chi connectivity index (χ4n) is 2.93. The van der Waals surface area contributed by atoms with E-state index in [0.29, 0.717) is 23.3 Å². The van der Waals surface area contributed by atoms with Crippen molar-refractivity contribution in [2.75, 3.05) is 23.3 Å². The average molecular weight is 416 g/mol. The molecule has 134 valence electrons. The quantitative estimate of drug-likeness (QED) is 0.606. The molecular weight excluding hydrogens is 398 g/mol. The molecule has 1 fully saturated rings. The summed E-state index contributed by atoms with van der Waals surface area (Å²) in [5.74, 6) is 0.637. The molecule has 0 unspecified atom stereocenters. The Morgan fingerprint density at radius 2 is 1.85 bits per heavy atom. The summed E-state index contributed by atoms with van der Waals surface area (Å²) in [7, 11) is 0. The lowest BCUT2D eigenvalue weighted by molar-refractivity contribution is 0.102. The summed E-state index contributed by atoms with van der Waals surface area (Å²) in [6.07, 6.45) is 3.53. The molecule has 1 amide bonds. The van der Waals surface area contributed by atoms with Crippen LogP contribution in [0.3, 0.4) is 0 Å². The Morgan fingerprint density at radius 3 is 2.62 bits per heavy atom. The van der Waals surface area contributed by atoms with Crippen LogP contribution in [0.5, 0.6) is 0 Å². The number of aromatic nitrogens is 5. The molecule has 0 bridgehead atoms. The molecule has 1 aliphatic rings. The van der Waals surface area contributed by atoms with Crippen LogP contribution in [0.25, 0.3) is 11.3 Å². The Hall–Kier alpha value is -2.68. The molecule has 3 aromatic rings. The number of rotatable bonds is 4. The van der Waals surface area contributed by atoms with Crippen molar-refractivity contribution in [1.82, 2.24) is 25.4 Å². The number of piperidine rings is 1. The molecule has 0 radical (unpaired) electrons. The van der Waals surface area contributed by atoms with Crippen LogP contribution >= 0.6 is 15.9 Å². The summed E-state index contributed by atoms with van der Waals surface area (Å²) in [5, 5.41) is 16.6. The van der Waals surface area contributed by atoms with Gasteiger partial charge in [0.25, 0.3) is 5.91 Å². The largest absolute Gasteiger partial charge is 0.340 e. The molecule has 2 aromatic heterocycles. The van der Waals surface area contributed by atoms with Gasteiger partial charge in [-0.2, -0.15) is 10.1 Å². The van der Waals surface area contributed by atoms with E-state index in [9.17, 15) is 4.79 Å². The maximum Gasteiger partial charge on any atom is 0.276 e. The smallest absolute Gasteiger partial charge is 0.276 e. The molecular formula is C17H18BrN7O. The second-order valence-electron chi connectivity index (χ2n) is 6.16. The number of carbonyl (C=O) groups is 1. The number of H-pyrrole nitrogens is 2. The Bertz CT molecular complexity index is 896. The molecule has 26 heavy (non-hydrogen) atoms. The predicted octanol–water partition coefficient (Wildman–Crippen LogP) is 3.20. The van der Waals surface area contributed by atoms with Crippen molar-refractivity contribution < 1.29 is 4.79 Å². The summed E-state index contributed by atoms with van der Waals surface area (Å²) >= 11 is 3.40. The van der Waals surface area contributed by atoms with Gasteiger partial charge in [-0.25, -0.2) is 5.10 Å². The van der Waals surface area contributed by atoms with E-state index in [0.717, 1.165) is 36.0 Å². The molecule has 3 N–H and O–H groups in total. The molecule has 1 saturated heterocycles. The zero-order valence-corrected chi connectivity index (χ0v) is 15.6. The van der Waals surface area contributed by atoms with Crippen molar-refractivity contribution >= 4 is 33.7 Å². The van der Waals surface area contributed by atoms with Gasteiger partial charge >= 0.3 is 0 Å². The predicted molar refractivity (Wildman–Crippen MR) is 102 cm³/mol. The Morgan fingerprint density at radius 1 is 1.08 bits per heavy atom. The Balaban J connectivity index is 1.44. The van der Waals surface area contributed by atoms with E-state index in [1.54, 1.807) is 6.07 Å². The molecule has 8 nitrogen and oxygen atoms in total. The minimum atomic E-state index is -0.317. The maximum atomic E-state index is 12.4. The number of anilines is 2. The molecule has 3 heterocycles. The third kappa shape index (κ3) is 3.62. The third-order valence-corrected chi connectivity index (χ3v) is 4.84. The number of nitrogens with one attached hydrogen (secondary N) is 3. The number of carbonyl (C=O) groups excluding carboxylic acids is 1. The fourth-order valence-corrected chi connectivity index (χ4v) is 3.19. The van der Waals surface area contributed by atoms with E-state index in [1.807, 2.05) is 24.3 Å². The van der Waals surface area contributed by atoms with Gasteiger partial charge in [0.1, 0.15) is 5.69 Å². The second-order valence-corrected chi connectivity index (χ2v) is 7.08. The normalized spacial score (nSPS) is 14.4. The number of amides is 1. The SMILES string of the molecule is O=C(Nc1nc(N2CCCCC2)n[nH]1)c1cc(-c2ccc(Br)cc2)n[nH]1. The lowest BCUT2D eigenvalue weighted by Crippen LogP contribution is -2.30. The van der Waals surface area contributed by atoms with Crippen molar-refractivity contribution in [3.05, 3.63) is 40.5 Å². The number of hydrogen-bond donors (Lipinski definition) is 3. The number of nitrogens with zero attached hydrogens (tertiary/aromatic N) is 4. The monoisotopic (exact) mass is 415 g/mol. The van der Waals surface area contributed by atoms with Crippen molar-refractivity contribution in [1.29, 1.82) is 0 Å². The van der Waals surface area contributed by atoms with Gasteiger partial charge in [0.15, 0.2) is 0 Å². The van der Waals surface area contributed by atoms with Gasteiger partial charge in [-0.15, -0.1) is 5.10 Å². The number of aromatic amines is 2. The maximum absolute atomic E-state index is 12.4. The summed E-state index contributed by atoms with van der Waals surface area (Å²) in [4.78, 5) is 18.9. The molecule has 4 rings (SSSR count). The van der Waals surface area contributed by atoms with Gasteiger partial charge < -0.3 is 4.90 Å². The zero-order valence-electron chi connectivity index (χ0n) is 14.0. The van der Waals surface area contributed by atoms with Crippen LogP contribution < -0.4 is 10.2 Å². The van der Waals surface area contributed by atoms with Crippen molar-refractivity contribution in [2.45, 2.75) is 19.3 Å². The van der Waals surface area contributed by atoms with Crippen LogP contribution in [-0.2, 0) is 0 Å². The minimum Gasteiger partial charge on any atom is -0.340 e. The standard InChI is InChI=1S/C17H18BrN7O/c18-12-6-4-11(5-7-12)13-10-14(22-21-13)15(26)19-16-20-17(24-23-16)25-8-2-1-3-9-25/h4-7,10H,1-3,8-9H2,(H,21,22)(H2,19,20,23,24,26). The molecule has 0 saturated carbocycles. The van der Waals surface area contributed by atoms with E-state index in [4.69, 9.17) is 0 Å². The van der Waals surface area contributed by atoms with Crippen LogP contribution in [0.1, 0.15) is 29.8 Å². The van der Waals surface area contributed by atoms with Gasteiger partial charge in [0, 0.05) is 23.1 Å². The molecule has 0 aliphatic carbocycles. The first-order valence-electron chi connectivity index (χ1n) is 8.49. The van der Waals surface area contributed by atoms with Gasteiger partial charge in [0.05, 0.1) is 5.69 Å². The second kappa shape index (κ2) is 7.28. The number of benzene rings is 1. The first kappa shape index (κ1) is 16.8. The van der Waals surface area contributed by atoms with E-state index in [-0.39, 0.29) is 5.91 Å². The van der Waals surface area contributed by atoms with E-state index in [1.165, 1.54) is 6.42 Å². The highest BCUT2D eigenvalue weighted by Gasteiger charge is 2.17. The van der Waals surface area contributed by atoms with E-state index in [2.05, 4.69) is 51.5 Å². The average Bonchev–Trinajstić information content (AvgIpc) is 3.33. The Labute approximate surface area is 158 Å². The van der Waals surface area contributed by atoms with Gasteiger partial charge in [-0.05, 0) is 37.5 Å². The molecule has 1 aromatic carbocycles. The summed E-state index contributed by atoms with van der Waals surface area (Å²) in [6, 6.07) is 9.44. The lowest BCUT2D eigenvalue weighted by atomic mass is 10.1. The molecule has 9 heteroatoms. The van der Waals surface area contributed by atoms with E-state index >= 15 is 0 Å². The third-order valence-electron chi connectivity index (χ3n) is 4.31. The first-order chi connectivity index (χ1) is 12.7. The van der Waals surface area contributed by atoms with Crippen LogP contribution in [0.15, 0.2) is 34.8 Å². The van der Waals surface area contributed by atoms with Gasteiger partial charge in [-0.3, -0.25) is 15.2 Å². The van der Waals surface area contributed by atoms with Crippen LogP contribution in [0.4, 0.5) is 11.9 Å². The first-order valence-corrected chi connectivity index (χ1v) is 9.28. The van der Waals surface area contributed by atoms with Gasteiger partial charge in [-0.1, -0.05) is 28.1 Å². The fraction of sp³-hybridized carbons (Fsp3) is 0.294. The lowest BCUT2D eigenvalue weighted by Gasteiger charge is -2.24. The number of hydrogen-bond acceptors (Lipinski definition) is 5. The summed E-state index contributed by atoms with van der Waals surface area (Å²) in [6.45, 7) is 1.89. The summed E-state index contributed by atoms with van der Waals surface area (Å²) in [5.41, 5.74) is 1.99. The number of halogens is 1. The van der Waals surface area contributed by atoms with Crippen molar-refractivity contribution in [2.24, 2.45) is 0 Å². The van der Waals surface area contributed by atoms with Crippen LogP contribution in [0.2, 0.25) is 0 Å².